The maximum Gasteiger partial charge on any atom is 0.172 e. The predicted octanol–water partition coefficient (Wildman–Crippen LogP) is 3.81. The third-order valence-electron chi connectivity index (χ3n) is 3.53. The number of hydrogen-bond donors (Lipinski definition) is 0. The molecule has 2 aromatic rings. The fourth-order valence-electron chi connectivity index (χ4n) is 2.38. The summed E-state index contributed by atoms with van der Waals surface area (Å²) in [5.41, 5.74) is 2.67. The second kappa shape index (κ2) is 5.83. The van der Waals surface area contributed by atoms with Gasteiger partial charge >= 0.3 is 0 Å². The molecule has 3 rings (SSSR count). The van der Waals surface area contributed by atoms with Crippen LogP contribution in [0.25, 0.3) is 0 Å². The van der Waals surface area contributed by atoms with E-state index < -0.39 is 0 Å². The number of halogens is 1. The van der Waals surface area contributed by atoms with Crippen LogP contribution in [0.3, 0.4) is 0 Å². The highest BCUT2D eigenvalue weighted by Gasteiger charge is 2.19. The summed E-state index contributed by atoms with van der Waals surface area (Å²) >= 11 is 3.43. The first kappa shape index (κ1) is 13.4. The van der Waals surface area contributed by atoms with Gasteiger partial charge in [-0.25, -0.2) is 4.98 Å². The number of ether oxygens (including phenoxy) is 1. The first-order valence-electron chi connectivity index (χ1n) is 6.88. The first-order valence-corrected chi connectivity index (χ1v) is 7.67. The maximum absolute atomic E-state index is 5.66. The topological polar surface area (TPSA) is 25.4 Å². The molecule has 1 aromatic carbocycles. The molecule has 20 heavy (non-hydrogen) atoms. The lowest BCUT2D eigenvalue weighted by Crippen LogP contribution is -2.33. The number of aryl methyl sites for hydroxylation is 1. The third kappa shape index (κ3) is 2.80. The van der Waals surface area contributed by atoms with Crippen molar-refractivity contribution in [2.45, 2.75) is 19.9 Å². The summed E-state index contributed by atoms with van der Waals surface area (Å²) in [7, 11) is 0. The van der Waals surface area contributed by atoms with Gasteiger partial charge in [-0.3, -0.25) is 0 Å². The van der Waals surface area contributed by atoms with Crippen molar-refractivity contribution in [2.24, 2.45) is 0 Å². The van der Waals surface area contributed by atoms with Crippen molar-refractivity contribution in [3.8, 4) is 5.75 Å². The van der Waals surface area contributed by atoms with Gasteiger partial charge in [-0.05, 0) is 45.6 Å². The van der Waals surface area contributed by atoms with Crippen LogP contribution >= 0.6 is 15.9 Å². The molecule has 1 aliphatic heterocycles. The summed E-state index contributed by atoms with van der Waals surface area (Å²) in [6.07, 6.45) is 1.08. The molecule has 0 N–H and O–H groups in total. The minimum atomic E-state index is 0.712. The van der Waals surface area contributed by atoms with E-state index in [-0.39, 0.29) is 0 Å². The smallest absolute Gasteiger partial charge is 0.172 e. The highest BCUT2D eigenvalue weighted by atomic mass is 79.9. The van der Waals surface area contributed by atoms with Crippen molar-refractivity contribution in [3.05, 3.63) is 52.1 Å². The van der Waals surface area contributed by atoms with E-state index >= 15 is 0 Å². The first-order chi connectivity index (χ1) is 9.76. The predicted molar refractivity (Wildman–Crippen MR) is 84.3 cm³/mol. The Hall–Kier alpha value is -1.55. The fourth-order valence-corrected chi connectivity index (χ4v) is 2.68. The third-order valence-corrected chi connectivity index (χ3v) is 3.97. The van der Waals surface area contributed by atoms with Crippen LogP contribution in [0.2, 0.25) is 0 Å². The minimum Gasteiger partial charge on any atom is -0.488 e. The number of benzene rings is 1. The van der Waals surface area contributed by atoms with Gasteiger partial charge in [0.25, 0.3) is 0 Å². The molecule has 0 spiro atoms. The molecule has 4 heteroatoms. The zero-order valence-electron chi connectivity index (χ0n) is 11.5. The van der Waals surface area contributed by atoms with Crippen LogP contribution in [0.15, 0.2) is 41.0 Å². The Balaban J connectivity index is 1.83. The molecule has 3 nitrogen and oxygen atoms in total. The van der Waals surface area contributed by atoms with Crippen molar-refractivity contribution in [1.29, 1.82) is 0 Å². The van der Waals surface area contributed by atoms with E-state index in [1.807, 2.05) is 12.1 Å². The molecule has 0 radical (unpaired) electrons. The molecule has 1 aromatic heterocycles. The Morgan fingerprint density at radius 2 is 1.90 bits per heavy atom. The highest BCUT2D eigenvalue weighted by Crippen LogP contribution is 2.31. The van der Waals surface area contributed by atoms with Crippen LogP contribution in [0.5, 0.6) is 5.75 Å². The van der Waals surface area contributed by atoms with Crippen molar-refractivity contribution in [2.75, 3.05) is 18.1 Å². The molecule has 0 aliphatic carbocycles. The van der Waals surface area contributed by atoms with Gasteiger partial charge in [-0.1, -0.05) is 31.2 Å². The van der Waals surface area contributed by atoms with Crippen LogP contribution in [0.4, 0.5) is 5.82 Å². The lowest BCUT2D eigenvalue weighted by atomic mass is 10.1. The molecular weight excluding hydrogens is 316 g/mol. The number of fused-ring (bicyclic) bond motifs is 1. The second-order valence-electron chi connectivity index (χ2n) is 4.90. The molecule has 0 atom stereocenters. The monoisotopic (exact) mass is 332 g/mol. The van der Waals surface area contributed by atoms with E-state index in [2.05, 4.69) is 57.0 Å². The quantitative estimate of drug-likeness (QED) is 0.799. The second-order valence-corrected chi connectivity index (χ2v) is 5.71. The summed E-state index contributed by atoms with van der Waals surface area (Å²) in [5.74, 6) is 1.79. The summed E-state index contributed by atoms with van der Waals surface area (Å²) in [6.45, 7) is 4.62. The molecule has 1 aliphatic rings. The standard InChI is InChI=1S/C16H17BrN2O/c1-2-12-3-5-13(6-4-12)11-19-9-10-20-14-7-8-15(17)18-16(14)19/h3-8H,2,9-11H2,1H3. The lowest BCUT2D eigenvalue weighted by molar-refractivity contribution is 0.304. The fraction of sp³-hybridized carbons (Fsp3) is 0.312. The van der Waals surface area contributed by atoms with Gasteiger partial charge in [0.15, 0.2) is 11.6 Å². The van der Waals surface area contributed by atoms with Crippen LogP contribution in [-0.2, 0) is 13.0 Å². The normalized spacial score (nSPS) is 13.8. The van der Waals surface area contributed by atoms with E-state index in [4.69, 9.17) is 4.74 Å². The number of pyridine rings is 1. The molecular formula is C16H17BrN2O. The number of aromatic nitrogens is 1. The summed E-state index contributed by atoms with van der Waals surface area (Å²) in [4.78, 5) is 6.81. The van der Waals surface area contributed by atoms with Crippen LogP contribution < -0.4 is 9.64 Å². The Labute approximate surface area is 127 Å². The van der Waals surface area contributed by atoms with E-state index in [0.717, 1.165) is 35.7 Å². The Kier molecular flexibility index (Phi) is 3.92. The van der Waals surface area contributed by atoms with Gasteiger partial charge in [0.1, 0.15) is 11.2 Å². The lowest BCUT2D eigenvalue weighted by Gasteiger charge is -2.30. The average molecular weight is 333 g/mol. The van der Waals surface area contributed by atoms with Crippen LogP contribution in [0, 0.1) is 0 Å². The van der Waals surface area contributed by atoms with Gasteiger partial charge < -0.3 is 9.64 Å². The van der Waals surface area contributed by atoms with Crippen molar-refractivity contribution < 1.29 is 4.74 Å². The number of hydrogen-bond acceptors (Lipinski definition) is 3. The Morgan fingerprint density at radius 1 is 1.15 bits per heavy atom. The van der Waals surface area contributed by atoms with Gasteiger partial charge in [-0.2, -0.15) is 0 Å². The van der Waals surface area contributed by atoms with Crippen molar-refractivity contribution >= 4 is 21.7 Å². The molecule has 0 unspecified atom stereocenters. The largest absolute Gasteiger partial charge is 0.488 e. The molecule has 0 amide bonds. The summed E-state index contributed by atoms with van der Waals surface area (Å²) < 4.78 is 6.50. The van der Waals surface area contributed by atoms with E-state index in [1.165, 1.54) is 11.1 Å². The van der Waals surface area contributed by atoms with E-state index in [1.54, 1.807) is 0 Å². The zero-order valence-corrected chi connectivity index (χ0v) is 13.1. The Bertz CT molecular complexity index is 598. The molecule has 0 fully saturated rings. The van der Waals surface area contributed by atoms with Gasteiger partial charge in [0, 0.05) is 6.54 Å². The Morgan fingerprint density at radius 3 is 2.65 bits per heavy atom. The summed E-state index contributed by atoms with van der Waals surface area (Å²) in [5, 5.41) is 0. The van der Waals surface area contributed by atoms with Crippen molar-refractivity contribution in [1.82, 2.24) is 4.98 Å². The molecule has 0 bridgehead atoms. The maximum atomic E-state index is 5.66. The molecule has 0 saturated heterocycles. The highest BCUT2D eigenvalue weighted by molar-refractivity contribution is 9.10. The molecule has 104 valence electrons. The van der Waals surface area contributed by atoms with Crippen molar-refractivity contribution in [3.63, 3.8) is 0 Å². The SMILES string of the molecule is CCc1ccc(CN2CCOc3ccc(Br)nc32)cc1. The van der Waals surface area contributed by atoms with Gasteiger partial charge in [0.05, 0.1) is 6.54 Å². The average Bonchev–Trinajstić information content (AvgIpc) is 2.49. The van der Waals surface area contributed by atoms with Gasteiger partial charge in [0.2, 0.25) is 0 Å². The minimum absolute atomic E-state index is 0.712. The van der Waals surface area contributed by atoms with Gasteiger partial charge in [-0.15, -0.1) is 0 Å². The number of anilines is 1. The van der Waals surface area contributed by atoms with E-state index in [9.17, 15) is 0 Å². The van der Waals surface area contributed by atoms with E-state index in [0.29, 0.717) is 6.61 Å². The number of rotatable bonds is 3. The number of nitrogens with zero attached hydrogens (tertiary/aromatic N) is 2. The van der Waals surface area contributed by atoms with Crippen LogP contribution in [0.1, 0.15) is 18.1 Å². The van der Waals surface area contributed by atoms with Crippen LogP contribution in [-0.4, -0.2) is 18.1 Å². The zero-order chi connectivity index (χ0) is 13.9. The molecule has 0 saturated carbocycles. The molecule has 2 heterocycles. The summed E-state index contributed by atoms with van der Waals surface area (Å²) in [6, 6.07) is 12.7.